The van der Waals surface area contributed by atoms with Gasteiger partial charge in [0.15, 0.2) is 0 Å². The van der Waals surface area contributed by atoms with E-state index < -0.39 is 0 Å². The summed E-state index contributed by atoms with van der Waals surface area (Å²) in [5.41, 5.74) is 4.84. The molecule has 0 aliphatic heterocycles. The van der Waals surface area contributed by atoms with Crippen LogP contribution in [0.25, 0.3) is 0 Å². The number of carbonyl (C=O) groups is 2. The number of nitrogens with one attached hydrogen (secondary N) is 2. The van der Waals surface area contributed by atoms with Crippen molar-refractivity contribution >= 4 is 58.1 Å². The molecule has 0 heterocycles. The van der Waals surface area contributed by atoms with E-state index in [1.807, 2.05) is 111 Å². The van der Waals surface area contributed by atoms with E-state index in [9.17, 15) is 9.59 Å². The number of anilines is 2. The van der Waals surface area contributed by atoms with Crippen molar-refractivity contribution in [2.45, 2.75) is 0 Å². The topological polar surface area (TPSA) is 58.2 Å². The number of hydrogen-bond acceptors (Lipinski definition) is 4. The Morgan fingerprint density at radius 1 is 0.529 bits per heavy atom. The molecule has 2 N–H and O–H groups in total. The van der Waals surface area contributed by atoms with Crippen molar-refractivity contribution in [3.63, 3.8) is 0 Å². The summed E-state index contributed by atoms with van der Waals surface area (Å²) in [5.74, 6) is 0.0540. The van der Waals surface area contributed by atoms with Gasteiger partial charge in [0.2, 0.25) is 0 Å². The van der Waals surface area contributed by atoms with Crippen LogP contribution in [0.2, 0.25) is 0 Å². The molecule has 0 atom stereocenters. The van der Waals surface area contributed by atoms with Gasteiger partial charge in [0, 0.05) is 0 Å². The Morgan fingerprint density at radius 2 is 0.912 bits per heavy atom. The average molecular weight is 578 g/mol. The van der Waals surface area contributed by atoms with Crippen molar-refractivity contribution in [3.05, 3.63) is 119 Å². The Labute approximate surface area is 211 Å². The zero-order valence-corrected chi connectivity index (χ0v) is 22.3. The van der Waals surface area contributed by atoms with E-state index in [2.05, 4.69) is 10.6 Å². The maximum atomic E-state index is 13.0. The first-order chi connectivity index (χ1) is 16.6. The molecule has 170 valence electrons. The van der Waals surface area contributed by atoms with E-state index in [0.29, 0.717) is 22.3 Å². The van der Waals surface area contributed by atoms with Gasteiger partial charge in [-0.3, -0.25) is 0 Å². The fourth-order valence-electron chi connectivity index (χ4n) is 3.48. The molecule has 4 nitrogen and oxygen atoms in total. The minimum absolute atomic E-state index is 0.0270. The number of rotatable bonds is 9. The quantitative estimate of drug-likeness (QED) is 0.236. The summed E-state index contributed by atoms with van der Waals surface area (Å²) < 4.78 is 2.30. The van der Waals surface area contributed by atoms with Crippen LogP contribution in [0.5, 0.6) is 0 Å². The molecule has 0 bridgehead atoms. The van der Waals surface area contributed by atoms with Crippen LogP contribution in [-0.4, -0.2) is 51.9 Å². The van der Waals surface area contributed by atoms with E-state index in [-0.39, 0.29) is 37.8 Å². The normalized spacial score (nSPS) is 10.5. The van der Waals surface area contributed by atoms with E-state index in [1.165, 1.54) is 0 Å². The molecular weight excluding hydrogens is 554 g/mol. The first kappa shape index (κ1) is 24.0. The van der Waals surface area contributed by atoms with E-state index in [0.717, 1.165) is 20.3 Å². The van der Waals surface area contributed by atoms with Crippen molar-refractivity contribution in [1.82, 2.24) is 0 Å². The van der Waals surface area contributed by atoms with Crippen molar-refractivity contribution in [2.24, 2.45) is 0 Å². The summed E-state index contributed by atoms with van der Waals surface area (Å²) in [6, 6.07) is 30.5. The number of ketones is 2. The SMILES string of the molecule is CNc1ccc(C(=O)c2ccccc2)cc1[Se][Se]c1cc(C(=O)c2ccccc2)ccc1NC. The van der Waals surface area contributed by atoms with Gasteiger partial charge in [-0.2, -0.15) is 0 Å². The summed E-state index contributed by atoms with van der Waals surface area (Å²) in [6.07, 6.45) is 0. The van der Waals surface area contributed by atoms with Gasteiger partial charge in [-0.05, 0) is 0 Å². The molecule has 0 saturated carbocycles. The Hall–Kier alpha value is -3.14. The third-order valence-electron chi connectivity index (χ3n) is 5.32. The number of hydrogen-bond donors (Lipinski definition) is 2. The Bertz CT molecular complexity index is 1210. The van der Waals surface area contributed by atoms with E-state index in [4.69, 9.17) is 0 Å². The van der Waals surface area contributed by atoms with Gasteiger partial charge in [-0.15, -0.1) is 0 Å². The summed E-state index contributed by atoms with van der Waals surface area (Å²) in [7, 11) is 3.80. The fraction of sp³-hybridized carbons (Fsp3) is 0.0714. The molecule has 0 fully saturated rings. The standard InChI is InChI=1S/C28H24N2O2Se2/c1-29-23-15-13-21(27(31)19-9-5-3-6-10-19)17-25(23)33-34-26-18-22(14-16-24(26)30-2)28(32)20-11-7-4-8-12-20/h3-18,29-30H,1-2H3. The summed E-state index contributed by atoms with van der Waals surface area (Å²) in [6.45, 7) is 0. The Kier molecular flexibility index (Phi) is 7.99. The van der Waals surface area contributed by atoms with Crippen LogP contribution in [0, 0.1) is 0 Å². The van der Waals surface area contributed by atoms with Gasteiger partial charge in [0.25, 0.3) is 0 Å². The van der Waals surface area contributed by atoms with Crippen LogP contribution in [0.4, 0.5) is 11.4 Å². The third kappa shape index (κ3) is 5.49. The van der Waals surface area contributed by atoms with Gasteiger partial charge < -0.3 is 0 Å². The van der Waals surface area contributed by atoms with Gasteiger partial charge in [-0.1, -0.05) is 0 Å². The van der Waals surface area contributed by atoms with Crippen LogP contribution in [-0.2, 0) is 0 Å². The molecule has 0 aromatic heterocycles. The second-order valence-corrected chi connectivity index (χ2v) is 13.7. The average Bonchev–Trinajstić information content (AvgIpc) is 2.91. The molecule has 4 rings (SSSR count). The van der Waals surface area contributed by atoms with E-state index in [1.54, 1.807) is 0 Å². The monoisotopic (exact) mass is 580 g/mol. The number of benzene rings is 4. The summed E-state index contributed by atoms with van der Waals surface area (Å²) >= 11 is 0.219. The molecular formula is C28H24N2O2Se2. The molecule has 4 aromatic carbocycles. The molecule has 34 heavy (non-hydrogen) atoms. The predicted molar refractivity (Wildman–Crippen MR) is 143 cm³/mol. The van der Waals surface area contributed by atoms with Gasteiger partial charge in [-0.25, -0.2) is 0 Å². The minimum atomic E-state index is 0.0270. The molecule has 0 spiro atoms. The molecule has 0 saturated heterocycles. The second-order valence-electron chi connectivity index (χ2n) is 7.48. The van der Waals surface area contributed by atoms with Gasteiger partial charge in [0.05, 0.1) is 0 Å². The van der Waals surface area contributed by atoms with Crippen molar-refractivity contribution in [3.8, 4) is 0 Å². The zero-order chi connectivity index (χ0) is 23.9. The van der Waals surface area contributed by atoms with Crippen LogP contribution in [0.1, 0.15) is 31.8 Å². The Morgan fingerprint density at radius 3 is 1.26 bits per heavy atom. The van der Waals surface area contributed by atoms with Crippen molar-refractivity contribution in [2.75, 3.05) is 24.7 Å². The predicted octanol–water partition coefficient (Wildman–Crippen LogP) is 3.51. The molecule has 4 aromatic rings. The van der Waals surface area contributed by atoms with Crippen LogP contribution in [0.3, 0.4) is 0 Å². The van der Waals surface area contributed by atoms with E-state index >= 15 is 0 Å². The van der Waals surface area contributed by atoms with Crippen molar-refractivity contribution in [1.29, 1.82) is 0 Å². The van der Waals surface area contributed by atoms with Gasteiger partial charge in [0.1, 0.15) is 0 Å². The molecule has 0 aliphatic rings. The van der Waals surface area contributed by atoms with Crippen molar-refractivity contribution < 1.29 is 9.59 Å². The zero-order valence-electron chi connectivity index (χ0n) is 18.9. The van der Waals surface area contributed by atoms with Crippen LogP contribution < -0.4 is 19.6 Å². The molecule has 0 unspecified atom stereocenters. The first-order valence-electron chi connectivity index (χ1n) is 10.8. The number of carbonyl (C=O) groups excluding carboxylic acids is 2. The molecule has 0 aliphatic carbocycles. The summed E-state index contributed by atoms with van der Waals surface area (Å²) in [4.78, 5) is 25.9. The fourth-order valence-corrected chi connectivity index (χ4v) is 10.6. The first-order valence-corrected chi connectivity index (χ1v) is 16.8. The van der Waals surface area contributed by atoms with Crippen LogP contribution >= 0.6 is 0 Å². The van der Waals surface area contributed by atoms with Gasteiger partial charge >= 0.3 is 212 Å². The second kappa shape index (κ2) is 11.3. The summed E-state index contributed by atoms with van der Waals surface area (Å²) in [5, 5.41) is 6.52. The molecule has 0 amide bonds. The maximum absolute atomic E-state index is 13.0. The molecule has 6 heteroatoms. The van der Waals surface area contributed by atoms with Crippen LogP contribution in [0.15, 0.2) is 97.1 Å². The Balaban J connectivity index is 1.60. The third-order valence-corrected chi connectivity index (χ3v) is 12.5. The molecule has 0 radical (unpaired) electrons.